The molecule has 0 radical (unpaired) electrons. The van der Waals surface area contributed by atoms with Gasteiger partial charge in [0.2, 0.25) is 0 Å². The predicted octanol–water partition coefficient (Wildman–Crippen LogP) is 2.80. The van der Waals surface area contributed by atoms with Crippen molar-refractivity contribution in [2.45, 2.75) is 27.2 Å². The van der Waals surface area contributed by atoms with E-state index >= 15 is 0 Å². The molecule has 1 aromatic heterocycles. The molecule has 0 saturated heterocycles. The number of anilines is 1. The van der Waals surface area contributed by atoms with Gasteiger partial charge in [0.15, 0.2) is 0 Å². The van der Waals surface area contributed by atoms with Crippen LogP contribution in [0.25, 0.3) is 0 Å². The summed E-state index contributed by atoms with van der Waals surface area (Å²) in [4.78, 5) is 4.14. The van der Waals surface area contributed by atoms with Crippen LogP contribution >= 0.6 is 0 Å². The number of hydrogen-bond donors (Lipinski definition) is 1. The topological polar surface area (TPSA) is 48.7 Å². The van der Waals surface area contributed by atoms with Crippen molar-refractivity contribution in [1.29, 1.82) is 5.26 Å². The molecular formula is C12H17N3. The standard InChI is InChI=1S/C12H17N3/c1-12(2,3)5-7-15-11-8-10(9-13)4-6-14-11/h4,6,8H,5,7H2,1-3H3,(H,14,15). The molecule has 15 heavy (non-hydrogen) atoms. The maximum absolute atomic E-state index is 8.71. The number of nitriles is 1. The normalized spacial score (nSPS) is 10.8. The van der Waals surface area contributed by atoms with Crippen molar-refractivity contribution in [2.24, 2.45) is 5.41 Å². The van der Waals surface area contributed by atoms with Gasteiger partial charge in [0.05, 0.1) is 11.6 Å². The molecule has 3 heteroatoms. The SMILES string of the molecule is CC(C)(C)CCNc1cc(C#N)ccn1. The molecule has 0 amide bonds. The summed E-state index contributed by atoms with van der Waals surface area (Å²) in [5.74, 6) is 0.776. The van der Waals surface area contributed by atoms with E-state index < -0.39 is 0 Å². The Morgan fingerprint density at radius 3 is 2.80 bits per heavy atom. The van der Waals surface area contributed by atoms with Gasteiger partial charge in [-0.2, -0.15) is 5.26 Å². The second-order valence-electron chi connectivity index (χ2n) is 4.78. The van der Waals surface area contributed by atoms with Crippen LogP contribution in [0.2, 0.25) is 0 Å². The third-order valence-corrected chi connectivity index (χ3v) is 2.07. The Morgan fingerprint density at radius 1 is 1.47 bits per heavy atom. The molecule has 1 N–H and O–H groups in total. The van der Waals surface area contributed by atoms with Crippen LogP contribution in [0.1, 0.15) is 32.8 Å². The van der Waals surface area contributed by atoms with Gasteiger partial charge in [-0.15, -0.1) is 0 Å². The zero-order valence-corrected chi connectivity index (χ0v) is 9.54. The summed E-state index contributed by atoms with van der Waals surface area (Å²) in [7, 11) is 0. The van der Waals surface area contributed by atoms with Crippen LogP contribution in [0, 0.1) is 16.7 Å². The van der Waals surface area contributed by atoms with Crippen molar-refractivity contribution in [1.82, 2.24) is 4.98 Å². The molecular weight excluding hydrogens is 186 g/mol. The van der Waals surface area contributed by atoms with Crippen molar-refractivity contribution in [3.8, 4) is 6.07 Å². The Hall–Kier alpha value is -1.56. The molecule has 1 heterocycles. The molecule has 0 aromatic carbocycles. The van der Waals surface area contributed by atoms with E-state index in [0.717, 1.165) is 18.8 Å². The number of nitrogens with one attached hydrogen (secondary N) is 1. The molecule has 80 valence electrons. The highest BCUT2D eigenvalue weighted by Gasteiger charge is 2.09. The zero-order chi connectivity index (χ0) is 11.3. The second-order valence-corrected chi connectivity index (χ2v) is 4.78. The summed E-state index contributed by atoms with van der Waals surface area (Å²) in [5, 5.41) is 11.9. The minimum atomic E-state index is 0.319. The summed E-state index contributed by atoms with van der Waals surface area (Å²) in [6.07, 6.45) is 2.73. The minimum Gasteiger partial charge on any atom is -0.370 e. The van der Waals surface area contributed by atoms with Crippen LogP contribution in [-0.2, 0) is 0 Å². The Morgan fingerprint density at radius 2 is 2.20 bits per heavy atom. The fourth-order valence-electron chi connectivity index (χ4n) is 1.16. The van der Waals surface area contributed by atoms with Gasteiger partial charge in [-0.25, -0.2) is 4.98 Å². The van der Waals surface area contributed by atoms with Gasteiger partial charge in [-0.1, -0.05) is 20.8 Å². The second kappa shape index (κ2) is 4.79. The lowest BCUT2D eigenvalue weighted by Gasteiger charge is -2.18. The smallest absolute Gasteiger partial charge is 0.127 e. The molecule has 0 aliphatic rings. The van der Waals surface area contributed by atoms with Crippen LogP contribution in [-0.4, -0.2) is 11.5 Å². The van der Waals surface area contributed by atoms with Gasteiger partial charge in [0.1, 0.15) is 5.82 Å². The Kier molecular flexibility index (Phi) is 3.68. The van der Waals surface area contributed by atoms with Crippen LogP contribution < -0.4 is 5.32 Å². The van der Waals surface area contributed by atoms with E-state index in [-0.39, 0.29) is 0 Å². The molecule has 0 spiro atoms. The maximum Gasteiger partial charge on any atom is 0.127 e. The average molecular weight is 203 g/mol. The number of nitrogens with zero attached hydrogens (tertiary/aromatic N) is 2. The summed E-state index contributed by atoms with van der Waals surface area (Å²) < 4.78 is 0. The first kappa shape index (κ1) is 11.5. The Bertz CT molecular complexity index is 358. The first-order valence-electron chi connectivity index (χ1n) is 5.11. The molecule has 3 nitrogen and oxygen atoms in total. The third kappa shape index (κ3) is 4.46. The van der Waals surface area contributed by atoms with Crippen molar-refractivity contribution >= 4 is 5.82 Å². The van der Waals surface area contributed by atoms with Crippen LogP contribution in [0.4, 0.5) is 5.82 Å². The van der Waals surface area contributed by atoms with E-state index in [4.69, 9.17) is 5.26 Å². The van der Waals surface area contributed by atoms with Gasteiger partial charge in [-0.3, -0.25) is 0 Å². The highest BCUT2D eigenvalue weighted by atomic mass is 15.0. The first-order valence-corrected chi connectivity index (χ1v) is 5.11. The average Bonchev–Trinajstić information content (AvgIpc) is 2.16. The van der Waals surface area contributed by atoms with E-state index in [1.54, 1.807) is 18.3 Å². The highest BCUT2D eigenvalue weighted by molar-refractivity contribution is 5.42. The van der Waals surface area contributed by atoms with E-state index in [1.165, 1.54) is 0 Å². The van der Waals surface area contributed by atoms with Gasteiger partial charge >= 0.3 is 0 Å². The highest BCUT2D eigenvalue weighted by Crippen LogP contribution is 2.18. The van der Waals surface area contributed by atoms with Gasteiger partial charge < -0.3 is 5.32 Å². The zero-order valence-electron chi connectivity index (χ0n) is 9.54. The van der Waals surface area contributed by atoms with Crippen LogP contribution in [0.5, 0.6) is 0 Å². The molecule has 0 saturated carbocycles. The lowest BCUT2D eigenvalue weighted by Crippen LogP contribution is -2.13. The van der Waals surface area contributed by atoms with E-state index in [2.05, 4.69) is 37.1 Å². The van der Waals surface area contributed by atoms with Crippen molar-refractivity contribution in [3.05, 3.63) is 23.9 Å². The monoisotopic (exact) mass is 203 g/mol. The molecule has 1 aromatic rings. The van der Waals surface area contributed by atoms with Crippen LogP contribution in [0.15, 0.2) is 18.3 Å². The first-order chi connectivity index (χ1) is 7.01. The maximum atomic E-state index is 8.71. The fraction of sp³-hybridized carbons (Fsp3) is 0.500. The molecule has 0 aliphatic carbocycles. The third-order valence-electron chi connectivity index (χ3n) is 2.07. The molecule has 0 unspecified atom stereocenters. The lowest BCUT2D eigenvalue weighted by atomic mass is 9.92. The minimum absolute atomic E-state index is 0.319. The summed E-state index contributed by atoms with van der Waals surface area (Å²) >= 11 is 0. The lowest BCUT2D eigenvalue weighted by molar-refractivity contribution is 0.389. The Balaban J connectivity index is 2.48. The number of rotatable bonds is 3. The number of aromatic nitrogens is 1. The molecule has 0 fully saturated rings. The summed E-state index contributed by atoms with van der Waals surface area (Å²) in [6.45, 7) is 7.49. The van der Waals surface area contributed by atoms with Gasteiger partial charge in [0, 0.05) is 12.7 Å². The van der Waals surface area contributed by atoms with E-state index in [0.29, 0.717) is 11.0 Å². The van der Waals surface area contributed by atoms with Crippen molar-refractivity contribution in [2.75, 3.05) is 11.9 Å². The predicted molar refractivity (Wildman–Crippen MR) is 61.5 cm³/mol. The van der Waals surface area contributed by atoms with Gasteiger partial charge in [-0.05, 0) is 24.0 Å². The van der Waals surface area contributed by atoms with E-state index in [1.807, 2.05) is 0 Å². The molecule has 0 atom stereocenters. The largest absolute Gasteiger partial charge is 0.370 e. The molecule has 1 rings (SSSR count). The summed E-state index contributed by atoms with van der Waals surface area (Å²) in [5.41, 5.74) is 0.961. The fourth-order valence-corrected chi connectivity index (χ4v) is 1.16. The number of hydrogen-bond acceptors (Lipinski definition) is 3. The quantitative estimate of drug-likeness (QED) is 0.821. The van der Waals surface area contributed by atoms with Crippen molar-refractivity contribution in [3.63, 3.8) is 0 Å². The summed E-state index contributed by atoms with van der Waals surface area (Å²) in [6, 6.07) is 5.56. The van der Waals surface area contributed by atoms with Gasteiger partial charge in [0.25, 0.3) is 0 Å². The van der Waals surface area contributed by atoms with Crippen LogP contribution in [0.3, 0.4) is 0 Å². The molecule has 0 aliphatic heterocycles. The Labute approximate surface area is 91.1 Å². The number of pyridine rings is 1. The van der Waals surface area contributed by atoms with E-state index in [9.17, 15) is 0 Å². The molecule has 0 bridgehead atoms. The van der Waals surface area contributed by atoms with Crippen molar-refractivity contribution < 1.29 is 0 Å².